The normalized spacial score (nSPS) is 10.9. The molecule has 0 aliphatic carbocycles. The van der Waals surface area contributed by atoms with Crippen LogP contribution in [0.1, 0.15) is 5.56 Å². The first-order valence-corrected chi connectivity index (χ1v) is 7.78. The Balaban J connectivity index is 2.55. The van der Waals surface area contributed by atoms with Crippen LogP contribution in [0.3, 0.4) is 0 Å². The van der Waals surface area contributed by atoms with Crippen molar-refractivity contribution in [3.05, 3.63) is 63.2 Å². The first-order valence-electron chi connectivity index (χ1n) is 6.34. The molecule has 0 amide bonds. The van der Waals surface area contributed by atoms with Crippen LogP contribution < -0.4 is 5.32 Å². The smallest absolute Gasteiger partial charge is 0.294 e. The number of hydrogen-bond acceptors (Lipinski definition) is 5. The zero-order valence-corrected chi connectivity index (χ0v) is 13.0. The van der Waals surface area contributed by atoms with E-state index in [2.05, 4.69) is 10.2 Å². The number of halogens is 1. The van der Waals surface area contributed by atoms with Gasteiger partial charge >= 0.3 is 0 Å². The number of nitro benzene ring substituents is 1. The van der Waals surface area contributed by atoms with Crippen molar-refractivity contribution in [1.82, 2.24) is 0 Å². The summed E-state index contributed by atoms with van der Waals surface area (Å²) in [5.74, 6) is -0.958. The van der Waals surface area contributed by atoms with Crippen LogP contribution in [0.2, 0.25) is 0 Å². The molecular formula is C14H10FN3O5S. The fraction of sp³-hybridized carbons (Fsp3) is 0.0714. The molecule has 0 unspecified atom stereocenters. The highest BCUT2D eigenvalue weighted by Crippen LogP contribution is 2.34. The zero-order valence-electron chi connectivity index (χ0n) is 12.1. The van der Waals surface area contributed by atoms with Crippen LogP contribution in [0, 0.1) is 29.4 Å². The highest BCUT2D eigenvalue weighted by atomic mass is 32.2. The Morgan fingerprint density at radius 1 is 1.33 bits per heavy atom. The Morgan fingerprint density at radius 2 is 2.00 bits per heavy atom. The summed E-state index contributed by atoms with van der Waals surface area (Å²) in [6.45, 7) is 8.24. The average molecular weight is 351 g/mol. The fourth-order valence-electron chi connectivity index (χ4n) is 2.00. The van der Waals surface area contributed by atoms with Crippen molar-refractivity contribution in [3.63, 3.8) is 0 Å². The fourth-order valence-corrected chi connectivity index (χ4v) is 2.75. The van der Waals surface area contributed by atoms with E-state index >= 15 is 0 Å². The zero-order chi connectivity index (χ0) is 18.1. The Morgan fingerprint density at radius 3 is 2.54 bits per heavy atom. The molecule has 24 heavy (non-hydrogen) atoms. The summed E-state index contributed by atoms with van der Waals surface area (Å²) >= 11 is 0. The second kappa shape index (κ2) is 6.23. The standard InChI is InChI=1S/C14H10FN3O5S/c1-8-3-4-9(5-14(8)24(21,22)23)17-12-6-10(15)11(16-2)7-13(12)18(19)20/h3-7,17H,1H3,(H,21,22,23). The Kier molecular flexibility index (Phi) is 4.50. The molecule has 0 aliphatic heterocycles. The summed E-state index contributed by atoms with van der Waals surface area (Å²) in [5.41, 5.74) is -0.945. The van der Waals surface area contributed by atoms with Gasteiger partial charge in [0.15, 0.2) is 0 Å². The molecule has 2 aromatic rings. The Labute approximate surface area is 136 Å². The minimum Gasteiger partial charge on any atom is -0.350 e. The van der Waals surface area contributed by atoms with Gasteiger partial charge in [-0.1, -0.05) is 6.07 Å². The lowest BCUT2D eigenvalue weighted by molar-refractivity contribution is -0.383. The summed E-state index contributed by atoms with van der Waals surface area (Å²) in [4.78, 5) is 12.7. The van der Waals surface area contributed by atoms with Crippen LogP contribution in [0.4, 0.5) is 27.1 Å². The third-order valence-corrected chi connectivity index (χ3v) is 4.12. The summed E-state index contributed by atoms with van der Waals surface area (Å²) in [5, 5.41) is 13.6. The van der Waals surface area contributed by atoms with Crippen molar-refractivity contribution in [3.8, 4) is 0 Å². The molecule has 0 saturated carbocycles. The van der Waals surface area contributed by atoms with Crippen molar-refractivity contribution in [2.45, 2.75) is 11.8 Å². The number of aryl methyl sites for hydroxylation is 1. The molecule has 2 N–H and O–H groups in total. The maximum Gasteiger partial charge on any atom is 0.294 e. The molecule has 0 spiro atoms. The summed E-state index contributed by atoms with van der Waals surface area (Å²) in [6.07, 6.45) is 0. The number of anilines is 2. The molecule has 0 atom stereocenters. The van der Waals surface area contributed by atoms with E-state index in [0.29, 0.717) is 0 Å². The maximum atomic E-state index is 13.7. The van der Waals surface area contributed by atoms with E-state index in [-0.39, 0.29) is 21.8 Å². The van der Waals surface area contributed by atoms with E-state index in [1.165, 1.54) is 19.1 Å². The molecule has 0 aliphatic rings. The van der Waals surface area contributed by atoms with Crippen LogP contribution in [-0.2, 0) is 10.1 Å². The largest absolute Gasteiger partial charge is 0.350 e. The quantitative estimate of drug-likeness (QED) is 0.377. The van der Waals surface area contributed by atoms with E-state index in [0.717, 1.165) is 18.2 Å². The van der Waals surface area contributed by atoms with Crippen molar-refractivity contribution in [1.29, 1.82) is 0 Å². The predicted octanol–water partition coefficient (Wildman–Crippen LogP) is 3.58. The minimum atomic E-state index is -4.48. The van der Waals surface area contributed by atoms with Gasteiger partial charge in [0.2, 0.25) is 5.69 Å². The van der Waals surface area contributed by atoms with Gasteiger partial charge in [-0.15, -0.1) is 0 Å². The molecule has 124 valence electrons. The van der Waals surface area contributed by atoms with Crippen LogP contribution in [-0.4, -0.2) is 17.9 Å². The second-order valence-electron chi connectivity index (χ2n) is 4.77. The number of benzene rings is 2. The van der Waals surface area contributed by atoms with Gasteiger partial charge in [0.1, 0.15) is 11.5 Å². The SMILES string of the molecule is [C-]#[N+]c1cc([N+](=O)[O-])c(Nc2ccc(C)c(S(=O)(=O)O)c2)cc1F. The van der Waals surface area contributed by atoms with Gasteiger partial charge in [-0.3, -0.25) is 14.7 Å². The maximum absolute atomic E-state index is 13.7. The summed E-state index contributed by atoms with van der Waals surface area (Å²) < 4.78 is 45.5. The van der Waals surface area contributed by atoms with E-state index in [9.17, 15) is 22.9 Å². The Hall–Kier alpha value is -3.03. The molecular weight excluding hydrogens is 341 g/mol. The molecule has 0 bridgehead atoms. The third kappa shape index (κ3) is 3.48. The van der Waals surface area contributed by atoms with Crippen LogP contribution >= 0.6 is 0 Å². The van der Waals surface area contributed by atoms with Gasteiger partial charge in [0.25, 0.3) is 15.8 Å². The second-order valence-corrected chi connectivity index (χ2v) is 6.16. The highest BCUT2D eigenvalue weighted by molar-refractivity contribution is 7.85. The average Bonchev–Trinajstić information content (AvgIpc) is 2.48. The number of nitrogens with one attached hydrogen (secondary N) is 1. The molecule has 8 nitrogen and oxygen atoms in total. The lowest BCUT2D eigenvalue weighted by Crippen LogP contribution is -2.03. The van der Waals surface area contributed by atoms with Gasteiger partial charge in [-0.05, 0) is 30.7 Å². The Bertz CT molecular complexity index is 983. The van der Waals surface area contributed by atoms with E-state index in [1.54, 1.807) is 0 Å². The van der Waals surface area contributed by atoms with Gasteiger partial charge in [-0.25, -0.2) is 9.24 Å². The topological polar surface area (TPSA) is 114 Å². The number of nitro groups is 1. The summed E-state index contributed by atoms with van der Waals surface area (Å²) in [7, 11) is -4.48. The number of nitrogens with zero attached hydrogens (tertiary/aromatic N) is 2. The van der Waals surface area contributed by atoms with Gasteiger partial charge in [-0.2, -0.15) is 8.42 Å². The van der Waals surface area contributed by atoms with Gasteiger partial charge in [0.05, 0.1) is 16.4 Å². The minimum absolute atomic E-state index is 0.0892. The molecule has 2 aromatic carbocycles. The monoisotopic (exact) mass is 351 g/mol. The first-order chi connectivity index (χ1) is 11.1. The molecule has 0 radical (unpaired) electrons. The molecule has 0 fully saturated rings. The van der Waals surface area contributed by atoms with Crippen molar-refractivity contribution in [2.24, 2.45) is 0 Å². The molecule has 0 heterocycles. The third-order valence-electron chi connectivity index (χ3n) is 3.13. The van der Waals surface area contributed by atoms with E-state index in [4.69, 9.17) is 11.1 Å². The van der Waals surface area contributed by atoms with Crippen LogP contribution in [0.25, 0.3) is 4.85 Å². The van der Waals surface area contributed by atoms with Crippen molar-refractivity contribution < 1.29 is 22.3 Å². The van der Waals surface area contributed by atoms with Crippen molar-refractivity contribution >= 4 is 32.9 Å². The molecule has 0 aromatic heterocycles. The van der Waals surface area contributed by atoms with Gasteiger partial charge in [0, 0.05) is 11.8 Å². The summed E-state index contributed by atoms with van der Waals surface area (Å²) in [6, 6.07) is 5.41. The number of rotatable bonds is 4. The van der Waals surface area contributed by atoms with Crippen molar-refractivity contribution in [2.75, 3.05) is 5.32 Å². The van der Waals surface area contributed by atoms with E-state index in [1.807, 2.05) is 0 Å². The first kappa shape index (κ1) is 17.3. The van der Waals surface area contributed by atoms with E-state index < -0.39 is 32.2 Å². The molecule has 10 heteroatoms. The lowest BCUT2D eigenvalue weighted by Gasteiger charge is -2.10. The highest BCUT2D eigenvalue weighted by Gasteiger charge is 2.20. The number of hydrogen-bond donors (Lipinski definition) is 2. The predicted molar refractivity (Wildman–Crippen MR) is 83.6 cm³/mol. The van der Waals surface area contributed by atoms with Gasteiger partial charge < -0.3 is 5.32 Å². The molecule has 2 rings (SSSR count). The lowest BCUT2D eigenvalue weighted by atomic mass is 10.2. The van der Waals surface area contributed by atoms with Crippen LogP contribution in [0.15, 0.2) is 35.2 Å². The van der Waals surface area contributed by atoms with Crippen LogP contribution in [0.5, 0.6) is 0 Å². The molecule has 0 saturated heterocycles.